The van der Waals surface area contributed by atoms with E-state index in [-0.39, 0.29) is 5.63 Å². The van der Waals surface area contributed by atoms with Crippen molar-refractivity contribution in [2.24, 2.45) is 0 Å². The summed E-state index contributed by atoms with van der Waals surface area (Å²) >= 11 is 1.57. The van der Waals surface area contributed by atoms with Crippen LogP contribution in [-0.4, -0.2) is 14.8 Å². The van der Waals surface area contributed by atoms with Crippen molar-refractivity contribution in [1.82, 2.24) is 14.8 Å². The molecule has 0 amide bonds. The first-order valence-electron chi connectivity index (χ1n) is 9.09. The van der Waals surface area contributed by atoms with Gasteiger partial charge in [-0.25, -0.2) is 4.79 Å². The lowest BCUT2D eigenvalue weighted by atomic mass is 10.0. The Morgan fingerprint density at radius 3 is 2.57 bits per heavy atom. The van der Waals surface area contributed by atoms with Crippen LogP contribution in [0.4, 0.5) is 0 Å². The fraction of sp³-hybridized carbons (Fsp3) is 0.227. The van der Waals surface area contributed by atoms with Crippen molar-refractivity contribution in [2.75, 3.05) is 0 Å². The Morgan fingerprint density at radius 2 is 1.79 bits per heavy atom. The van der Waals surface area contributed by atoms with Crippen molar-refractivity contribution >= 4 is 22.7 Å². The molecule has 0 unspecified atom stereocenters. The summed E-state index contributed by atoms with van der Waals surface area (Å²) in [5.74, 6) is 1.44. The molecule has 0 N–H and O–H groups in total. The van der Waals surface area contributed by atoms with Gasteiger partial charge in [0.2, 0.25) is 0 Å². The van der Waals surface area contributed by atoms with Gasteiger partial charge < -0.3 is 4.42 Å². The molecule has 0 saturated heterocycles. The van der Waals surface area contributed by atoms with E-state index in [1.165, 1.54) is 0 Å². The summed E-state index contributed by atoms with van der Waals surface area (Å²) in [6, 6.07) is 13.8. The van der Waals surface area contributed by atoms with Crippen LogP contribution in [0.3, 0.4) is 0 Å². The zero-order valence-corrected chi connectivity index (χ0v) is 17.1. The molecule has 6 heteroatoms. The number of aryl methyl sites for hydroxylation is 4. The Bertz CT molecular complexity index is 1240. The lowest BCUT2D eigenvalue weighted by Crippen LogP contribution is -2.03. The summed E-state index contributed by atoms with van der Waals surface area (Å²) in [6.45, 7) is 8.02. The second-order valence-electron chi connectivity index (χ2n) is 6.92. The minimum absolute atomic E-state index is 0.326. The highest BCUT2D eigenvalue weighted by Crippen LogP contribution is 2.30. The standard InChI is InChI=1S/C22H21N3O2S/c1-13-9-10-18-17(11-20(26)27-21(18)15(13)3)12-28-22-24-23-16(4)25(22)19-8-6-5-7-14(19)2/h5-11H,12H2,1-4H3. The molecule has 142 valence electrons. The van der Waals surface area contributed by atoms with E-state index < -0.39 is 0 Å². The first-order chi connectivity index (χ1) is 13.5. The summed E-state index contributed by atoms with van der Waals surface area (Å²) < 4.78 is 7.54. The van der Waals surface area contributed by atoms with Gasteiger partial charge in [-0.05, 0) is 56.0 Å². The van der Waals surface area contributed by atoms with Gasteiger partial charge >= 0.3 is 5.63 Å². The fourth-order valence-electron chi connectivity index (χ4n) is 3.31. The first-order valence-corrected chi connectivity index (χ1v) is 10.1. The molecule has 0 atom stereocenters. The molecule has 0 aliphatic rings. The quantitative estimate of drug-likeness (QED) is 0.366. The maximum Gasteiger partial charge on any atom is 0.336 e. The Kier molecular flexibility index (Phi) is 4.81. The van der Waals surface area contributed by atoms with Gasteiger partial charge in [0.05, 0.1) is 5.69 Å². The average Bonchev–Trinajstić information content (AvgIpc) is 3.04. The molecule has 0 radical (unpaired) electrons. The van der Waals surface area contributed by atoms with Gasteiger partial charge in [0, 0.05) is 17.2 Å². The highest BCUT2D eigenvalue weighted by Gasteiger charge is 2.15. The van der Waals surface area contributed by atoms with Crippen LogP contribution in [0.5, 0.6) is 0 Å². The van der Waals surface area contributed by atoms with Crippen molar-refractivity contribution in [3.8, 4) is 5.69 Å². The predicted octanol–water partition coefficient (Wildman–Crippen LogP) is 4.90. The third-order valence-corrected chi connectivity index (χ3v) is 6.00. The summed E-state index contributed by atoms with van der Waals surface area (Å²) in [4.78, 5) is 12.1. The average molecular weight is 391 g/mol. The molecule has 4 aromatic rings. The van der Waals surface area contributed by atoms with Gasteiger partial charge in [-0.2, -0.15) is 0 Å². The number of hydrogen-bond acceptors (Lipinski definition) is 5. The first kappa shape index (κ1) is 18.5. The van der Waals surface area contributed by atoms with Crippen LogP contribution in [0.2, 0.25) is 0 Å². The van der Waals surface area contributed by atoms with Crippen molar-refractivity contribution in [3.05, 3.63) is 81.0 Å². The van der Waals surface area contributed by atoms with Crippen LogP contribution in [0.25, 0.3) is 16.7 Å². The van der Waals surface area contributed by atoms with E-state index >= 15 is 0 Å². The summed E-state index contributed by atoms with van der Waals surface area (Å²) in [7, 11) is 0. The Labute approximate surface area is 167 Å². The van der Waals surface area contributed by atoms with Crippen molar-refractivity contribution in [1.29, 1.82) is 0 Å². The minimum atomic E-state index is -0.326. The fourth-order valence-corrected chi connectivity index (χ4v) is 4.30. The number of nitrogens with zero attached hydrogens (tertiary/aromatic N) is 3. The molecular weight excluding hydrogens is 370 g/mol. The lowest BCUT2D eigenvalue weighted by molar-refractivity contribution is 0.557. The largest absolute Gasteiger partial charge is 0.422 e. The van der Waals surface area contributed by atoms with Crippen molar-refractivity contribution in [2.45, 2.75) is 38.6 Å². The van der Waals surface area contributed by atoms with Gasteiger partial charge in [-0.15, -0.1) is 10.2 Å². The zero-order valence-electron chi connectivity index (χ0n) is 16.3. The summed E-state index contributed by atoms with van der Waals surface area (Å²) in [6.07, 6.45) is 0. The third-order valence-electron chi connectivity index (χ3n) is 5.03. The molecule has 2 aromatic heterocycles. The topological polar surface area (TPSA) is 60.9 Å². The minimum Gasteiger partial charge on any atom is -0.422 e. The van der Waals surface area contributed by atoms with Gasteiger partial charge in [0.1, 0.15) is 11.4 Å². The van der Waals surface area contributed by atoms with Crippen LogP contribution in [0.15, 0.2) is 56.8 Å². The van der Waals surface area contributed by atoms with Crippen LogP contribution in [-0.2, 0) is 5.75 Å². The number of rotatable bonds is 4. The SMILES string of the molecule is Cc1ccccc1-n1c(C)nnc1SCc1cc(=O)oc2c(C)c(C)ccc12. The van der Waals surface area contributed by atoms with E-state index in [1.54, 1.807) is 17.8 Å². The van der Waals surface area contributed by atoms with Crippen molar-refractivity contribution in [3.63, 3.8) is 0 Å². The second kappa shape index (κ2) is 7.28. The van der Waals surface area contributed by atoms with Gasteiger partial charge in [-0.3, -0.25) is 4.57 Å². The molecule has 28 heavy (non-hydrogen) atoms. The molecule has 0 aliphatic heterocycles. The van der Waals surface area contributed by atoms with Gasteiger partial charge in [-0.1, -0.05) is 42.1 Å². The molecule has 2 heterocycles. The highest BCUT2D eigenvalue weighted by atomic mass is 32.2. The van der Waals surface area contributed by atoms with E-state index in [4.69, 9.17) is 4.42 Å². The van der Waals surface area contributed by atoms with Crippen LogP contribution in [0.1, 0.15) is 28.1 Å². The lowest BCUT2D eigenvalue weighted by Gasteiger charge is -2.12. The van der Waals surface area contributed by atoms with E-state index in [2.05, 4.69) is 39.9 Å². The van der Waals surface area contributed by atoms with E-state index in [0.29, 0.717) is 11.3 Å². The molecule has 4 rings (SSSR count). The Balaban J connectivity index is 1.73. The van der Waals surface area contributed by atoms with Crippen molar-refractivity contribution < 1.29 is 4.42 Å². The highest BCUT2D eigenvalue weighted by molar-refractivity contribution is 7.98. The molecule has 2 aromatic carbocycles. The maximum atomic E-state index is 12.1. The van der Waals surface area contributed by atoms with E-state index in [1.807, 2.05) is 39.0 Å². The van der Waals surface area contributed by atoms with Crippen LogP contribution >= 0.6 is 11.8 Å². The number of aromatic nitrogens is 3. The third kappa shape index (κ3) is 3.24. The molecule has 0 aliphatic carbocycles. The number of para-hydroxylation sites is 1. The smallest absolute Gasteiger partial charge is 0.336 e. The number of fused-ring (bicyclic) bond motifs is 1. The summed E-state index contributed by atoms with van der Waals surface area (Å²) in [5, 5.41) is 10.4. The van der Waals surface area contributed by atoms with E-state index in [9.17, 15) is 4.79 Å². The summed E-state index contributed by atoms with van der Waals surface area (Å²) in [5.41, 5.74) is 5.61. The normalized spacial score (nSPS) is 11.3. The van der Waals surface area contributed by atoms with Gasteiger partial charge in [0.25, 0.3) is 0 Å². The monoisotopic (exact) mass is 391 g/mol. The zero-order chi connectivity index (χ0) is 19.8. The second-order valence-corrected chi connectivity index (χ2v) is 7.86. The number of thioether (sulfide) groups is 1. The molecular formula is C22H21N3O2S. The Hall–Kier alpha value is -2.86. The molecule has 0 spiro atoms. The molecule has 5 nitrogen and oxygen atoms in total. The van der Waals surface area contributed by atoms with Crippen LogP contribution in [0, 0.1) is 27.7 Å². The maximum absolute atomic E-state index is 12.1. The van der Waals surface area contributed by atoms with Crippen LogP contribution < -0.4 is 5.63 Å². The number of hydrogen-bond donors (Lipinski definition) is 0. The molecule has 0 saturated carbocycles. The molecule has 0 bridgehead atoms. The van der Waals surface area contributed by atoms with Gasteiger partial charge in [0.15, 0.2) is 5.16 Å². The molecule has 0 fully saturated rings. The predicted molar refractivity (Wildman–Crippen MR) is 112 cm³/mol. The Morgan fingerprint density at radius 1 is 1.00 bits per heavy atom. The van der Waals surface area contributed by atoms with E-state index in [0.717, 1.165) is 44.3 Å². The number of benzene rings is 2.